The molecule has 0 saturated carbocycles. The molecule has 26 heavy (non-hydrogen) atoms. The molecule has 3 heterocycles. The smallest absolute Gasteiger partial charge is 0.240 e. The molecule has 1 aliphatic rings. The van der Waals surface area contributed by atoms with E-state index in [2.05, 4.69) is 45.1 Å². The molecule has 2 aromatic heterocycles. The van der Waals surface area contributed by atoms with Crippen LogP contribution >= 0.6 is 11.5 Å². The molecular formula is C17H28N6O2S. The zero-order valence-corrected chi connectivity index (χ0v) is 17.0. The van der Waals surface area contributed by atoms with Crippen LogP contribution in [0.15, 0.2) is 4.52 Å². The van der Waals surface area contributed by atoms with Crippen LogP contribution in [0.25, 0.3) is 0 Å². The highest BCUT2D eigenvalue weighted by atomic mass is 32.1. The van der Waals surface area contributed by atoms with Crippen LogP contribution in [-0.2, 0) is 16.7 Å². The summed E-state index contributed by atoms with van der Waals surface area (Å²) in [7, 11) is 1.64. The summed E-state index contributed by atoms with van der Waals surface area (Å²) in [6.45, 7) is 12.9. The van der Waals surface area contributed by atoms with Crippen LogP contribution in [0.3, 0.4) is 0 Å². The van der Waals surface area contributed by atoms with E-state index in [1.807, 2.05) is 6.92 Å². The van der Waals surface area contributed by atoms with Crippen LogP contribution in [0.1, 0.15) is 57.8 Å². The molecule has 1 unspecified atom stereocenters. The van der Waals surface area contributed by atoms with Crippen LogP contribution in [-0.4, -0.2) is 57.7 Å². The second kappa shape index (κ2) is 7.98. The van der Waals surface area contributed by atoms with E-state index in [4.69, 9.17) is 14.2 Å². The maximum Gasteiger partial charge on any atom is 0.240 e. The first-order valence-corrected chi connectivity index (χ1v) is 9.81. The number of methoxy groups -OCH3 is 1. The number of hydrogen-bond donors (Lipinski definition) is 0. The molecule has 0 aliphatic carbocycles. The summed E-state index contributed by atoms with van der Waals surface area (Å²) in [6.07, 6.45) is 0.918. The summed E-state index contributed by atoms with van der Waals surface area (Å²) in [6, 6.07) is 0. The third kappa shape index (κ3) is 4.57. The third-order valence-corrected chi connectivity index (χ3v) is 5.28. The second-order valence-corrected chi connectivity index (χ2v) is 8.42. The van der Waals surface area contributed by atoms with E-state index in [0.29, 0.717) is 18.3 Å². The summed E-state index contributed by atoms with van der Waals surface area (Å²) in [5.74, 6) is 2.16. The number of rotatable bonds is 5. The Bertz CT molecular complexity index is 710. The highest BCUT2D eigenvalue weighted by Gasteiger charge is 2.24. The molecule has 1 atom stereocenters. The monoisotopic (exact) mass is 380 g/mol. The Hall–Kier alpha value is -1.58. The first kappa shape index (κ1) is 19.2. The van der Waals surface area contributed by atoms with E-state index in [1.54, 1.807) is 7.11 Å². The summed E-state index contributed by atoms with van der Waals surface area (Å²) in [5, 5.41) is 5.02. The van der Waals surface area contributed by atoms with E-state index < -0.39 is 0 Å². The number of anilines is 1. The van der Waals surface area contributed by atoms with Crippen molar-refractivity contribution in [3.63, 3.8) is 0 Å². The lowest BCUT2D eigenvalue weighted by molar-refractivity contribution is 0.109. The SMILES string of the molecule is COC(C)c1noc(CN2CCCN(c3nc(C(C)(C)C)ns3)CC2)n1. The average Bonchev–Trinajstić information content (AvgIpc) is 3.21. The van der Waals surface area contributed by atoms with Gasteiger partial charge in [-0.3, -0.25) is 4.90 Å². The van der Waals surface area contributed by atoms with Gasteiger partial charge in [0.1, 0.15) is 11.9 Å². The van der Waals surface area contributed by atoms with Gasteiger partial charge in [0.15, 0.2) is 5.82 Å². The Morgan fingerprint density at radius 3 is 2.69 bits per heavy atom. The average molecular weight is 381 g/mol. The number of ether oxygens (including phenoxy) is 1. The van der Waals surface area contributed by atoms with Gasteiger partial charge in [0, 0.05) is 50.2 Å². The minimum atomic E-state index is -0.151. The maximum absolute atomic E-state index is 5.37. The van der Waals surface area contributed by atoms with E-state index in [-0.39, 0.29) is 11.5 Å². The molecule has 1 aliphatic heterocycles. The second-order valence-electron chi connectivity index (χ2n) is 7.69. The molecule has 0 radical (unpaired) electrons. The Morgan fingerprint density at radius 2 is 2.00 bits per heavy atom. The van der Waals surface area contributed by atoms with Gasteiger partial charge in [0.2, 0.25) is 11.0 Å². The first-order chi connectivity index (χ1) is 12.4. The standard InChI is InChI=1S/C17H28N6O2S/c1-12(24-5)14-18-13(25-20-14)11-22-7-6-8-23(10-9-22)16-19-15(21-26-16)17(2,3)4/h12H,6-11H2,1-5H3. The van der Waals surface area contributed by atoms with Gasteiger partial charge in [-0.15, -0.1) is 0 Å². The number of nitrogens with zero attached hydrogens (tertiary/aromatic N) is 6. The van der Waals surface area contributed by atoms with Gasteiger partial charge >= 0.3 is 0 Å². The van der Waals surface area contributed by atoms with E-state index in [1.165, 1.54) is 11.5 Å². The third-order valence-electron chi connectivity index (χ3n) is 4.50. The van der Waals surface area contributed by atoms with Crippen molar-refractivity contribution in [2.75, 3.05) is 38.2 Å². The molecule has 1 fully saturated rings. The summed E-state index contributed by atoms with van der Waals surface area (Å²) in [4.78, 5) is 13.9. The van der Waals surface area contributed by atoms with Crippen LogP contribution in [0.4, 0.5) is 5.13 Å². The van der Waals surface area contributed by atoms with Crippen molar-refractivity contribution >= 4 is 16.7 Å². The van der Waals surface area contributed by atoms with Crippen LogP contribution < -0.4 is 4.90 Å². The van der Waals surface area contributed by atoms with Gasteiger partial charge < -0.3 is 14.2 Å². The summed E-state index contributed by atoms with van der Waals surface area (Å²) >= 11 is 1.50. The highest BCUT2D eigenvalue weighted by Crippen LogP contribution is 2.26. The fourth-order valence-corrected chi connectivity index (χ4v) is 3.67. The van der Waals surface area contributed by atoms with Crippen molar-refractivity contribution in [1.82, 2.24) is 24.4 Å². The lowest BCUT2D eigenvalue weighted by atomic mass is 9.96. The van der Waals surface area contributed by atoms with Gasteiger partial charge in [-0.2, -0.15) is 9.36 Å². The zero-order chi connectivity index (χ0) is 18.7. The highest BCUT2D eigenvalue weighted by molar-refractivity contribution is 7.09. The van der Waals surface area contributed by atoms with Gasteiger partial charge in [-0.1, -0.05) is 25.9 Å². The van der Waals surface area contributed by atoms with Crippen LogP contribution in [0.2, 0.25) is 0 Å². The predicted octanol–water partition coefficient (Wildman–Crippen LogP) is 2.64. The molecule has 0 N–H and O–H groups in total. The van der Waals surface area contributed by atoms with Crippen molar-refractivity contribution in [3.8, 4) is 0 Å². The van der Waals surface area contributed by atoms with Crippen LogP contribution in [0, 0.1) is 0 Å². The van der Waals surface area contributed by atoms with Crippen molar-refractivity contribution in [3.05, 3.63) is 17.5 Å². The quantitative estimate of drug-likeness (QED) is 0.783. The van der Waals surface area contributed by atoms with Crippen molar-refractivity contribution in [2.45, 2.75) is 52.2 Å². The molecule has 144 valence electrons. The van der Waals surface area contributed by atoms with E-state index >= 15 is 0 Å². The largest absolute Gasteiger partial charge is 0.374 e. The molecule has 0 aromatic carbocycles. The molecule has 3 rings (SSSR count). The molecule has 0 bridgehead atoms. The molecular weight excluding hydrogens is 352 g/mol. The molecule has 1 saturated heterocycles. The van der Waals surface area contributed by atoms with Crippen LogP contribution in [0.5, 0.6) is 0 Å². The molecule has 8 nitrogen and oxygen atoms in total. The van der Waals surface area contributed by atoms with Gasteiger partial charge in [0.25, 0.3) is 0 Å². The van der Waals surface area contributed by atoms with E-state index in [9.17, 15) is 0 Å². The Labute approximate surface area is 158 Å². The Kier molecular flexibility index (Phi) is 5.89. The van der Waals surface area contributed by atoms with Gasteiger partial charge in [-0.05, 0) is 13.3 Å². The Balaban J connectivity index is 1.58. The summed E-state index contributed by atoms with van der Waals surface area (Å²) in [5.41, 5.74) is -0.0123. The van der Waals surface area contributed by atoms with Gasteiger partial charge in [0.05, 0.1) is 6.54 Å². The lowest BCUT2D eigenvalue weighted by Crippen LogP contribution is -2.30. The number of aromatic nitrogens is 4. The maximum atomic E-state index is 5.37. The minimum absolute atomic E-state index is 0.0123. The fourth-order valence-electron chi connectivity index (χ4n) is 2.76. The van der Waals surface area contributed by atoms with Gasteiger partial charge in [-0.25, -0.2) is 4.98 Å². The molecule has 0 amide bonds. The Morgan fingerprint density at radius 1 is 1.19 bits per heavy atom. The lowest BCUT2D eigenvalue weighted by Gasteiger charge is -2.20. The summed E-state index contributed by atoms with van der Waals surface area (Å²) < 4.78 is 15.1. The molecule has 2 aromatic rings. The normalized spacial score (nSPS) is 18.1. The van der Waals surface area contributed by atoms with Crippen molar-refractivity contribution < 1.29 is 9.26 Å². The molecule has 9 heteroatoms. The van der Waals surface area contributed by atoms with Crippen molar-refractivity contribution in [1.29, 1.82) is 0 Å². The topological polar surface area (TPSA) is 80.4 Å². The minimum Gasteiger partial charge on any atom is -0.374 e. The van der Waals surface area contributed by atoms with Crippen molar-refractivity contribution in [2.24, 2.45) is 0 Å². The zero-order valence-electron chi connectivity index (χ0n) is 16.2. The molecule has 0 spiro atoms. The number of hydrogen-bond acceptors (Lipinski definition) is 9. The van der Waals surface area contributed by atoms with E-state index in [0.717, 1.165) is 43.6 Å². The fraction of sp³-hybridized carbons (Fsp3) is 0.765. The first-order valence-electron chi connectivity index (χ1n) is 9.03. The predicted molar refractivity (Wildman–Crippen MR) is 100 cm³/mol.